The number of nitrogens with zero attached hydrogens (tertiary/aromatic N) is 1. The van der Waals surface area contributed by atoms with Gasteiger partial charge in [0, 0.05) is 4.88 Å². The molecule has 2 rings (SSSR count). The smallest absolute Gasteiger partial charge is 0.198 e. The highest BCUT2D eigenvalue weighted by Crippen LogP contribution is 2.30. The molecule has 0 saturated heterocycles. The average Bonchev–Trinajstić information content (AvgIpc) is 2.95. The molecule has 1 N–H and O–H groups in total. The highest BCUT2D eigenvalue weighted by Gasteiger charge is 2.24. The van der Waals surface area contributed by atoms with Gasteiger partial charge in [-0.15, -0.1) is 0 Å². The lowest BCUT2D eigenvalue weighted by molar-refractivity contribution is 0.601. The van der Waals surface area contributed by atoms with Crippen molar-refractivity contribution in [2.24, 2.45) is 0 Å². The molecule has 0 radical (unpaired) electrons. The molecule has 0 fully saturated rings. The van der Waals surface area contributed by atoms with Crippen LogP contribution in [-0.2, 0) is 17.4 Å². The number of hydrogen-bond acceptors (Lipinski definition) is 2. The maximum absolute atomic E-state index is 12.5. The van der Waals surface area contributed by atoms with Gasteiger partial charge in [0.1, 0.15) is 0 Å². The Morgan fingerprint density at radius 2 is 2.00 bits per heavy atom. The van der Waals surface area contributed by atoms with Gasteiger partial charge in [0.25, 0.3) is 0 Å². The van der Waals surface area contributed by atoms with Crippen LogP contribution in [-0.4, -0.2) is 8.96 Å². The Labute approximate surface area is 138 Å². The minimum Gasteiger partial charge on any atom is -0.242 e. The molecule has 116 valence electrons. The standard InChI is InChI=1S/C17H20N2OS2/c1-17(2,3)22(20)19-15(10-13-8-6-5-7-9-13)16-11-14(18-4)12-21-16/h5-9,11-12,15,19H,10H2,1-3H3/t15-,22+/m1/s1. The van der Waals surface area contributed by atoms with Crippen molar-refractivity contribution in [3.05, 3.63) is 63.6 Å². The van der Waals surface area contributed by atoms with Crippen LogP contribution in [0.3, 0.4) is 0 Å². The van der Waals surface area contributed by atoms with Gasteiger partial charge in [-0.1, -0.05) is 30.3 Å². The van der Waals surface area contributed by atoms with Gasteiger partial charge in [-0.25, -0.2) is 13.8 Å². The second-order valence-corrected chi connectivity index (χ2v) is 9.00. The number of rotatable bonds is 5. The zero-order valence-corrected chi connectivity index (χ0v) is 14.6. The van der Waals surface area contributed by atoms with Crippen molar-refractivity contribution in [3.8, 4) is 0 Å². The first-order valence-corrected chi connectivity index (χ1v) is 9.11. The minimum atomic E-state index is -1.16. The van der Waals surface area contributed by atoms with Gasteiger partial charge in [-0.3, -0.25) is 0 Å². The Hall–Kier alpha value is -1.48. The first-order chi connectivity index (χ1) is 10.4. The van der Waals surface area contributed by atoms with Crippen LogP contribution >= 0.6 is 11.3 Å². The summed E-state index contributed by atoms with van der Waals surface area (Å²) in [6, 6.07) is 12.0. The van der Waals surface area contributed by atoms with E-state index >= 15 is 0 Å². The molecule has 0 amide bonds. The van der Waals surface area contributed by atoms with Crippen LogP contribution in [0.5, 0.6) is 0 Å². The van der Waals surface area contributed by atoms with Gasteiger partial charge in [0.2, 0.25) is 0 Å². The molecule has 1 heterocycles. The predicted molar refractivity (Wildman–Crippen MR) is 94.5 cm³/mol. The summed E-state index contributed by atoms with van der Waals surface area (Å²) in [5.41, 5.74) is 1.82. The number of nitrogens with one attached hydrogen (secondary N) is 1. The summed E-state index contributed by atoms with van der Waals surface area (Å²) in [7, 11) is -1.16. The predicted octanol–water partition coefficient (Wildman–Crippen LogP) is 4.63. The molecule has 0 aliphatic heterocycles. The fourth-order valence-corrected chi connectivity index (χ4v) is 3.71. The largest absolute Gasteiger partial charge is 0.242 e. The van der Waals surface area contributed by atoms with E-state index in [9.17, 15) is 4.21 Å². The third-order valence-corrected chi connectivity index (χ3v) is 5.81. The van der Waals surface area contributed by atoms with E-state index in [-0.39, 0.29) is 10.8 Å². The van der Waals surface area contributed by atoms with Gasteiger partial charge in [0.15, 0.2) is 5.69 Å². The van der Waals surface area contributed by atoms with Crippen LogP contribution in [0.4, 0.5) is 5.69 Å². The molecule has 2 atom stereocenters. The molecule has 5 heteroatoms. The molecule has 1 aromatic carbocycles. The fraction of sp³-hybridized carbons (Fsp3) is 0.353. The Bertz CT molecular complexity index is 681. The lowest BCUT2D eigenvalue weighted by Crippen LogP contribution is -2.36. The fourth-order valence-electron chi connectivity index (χ4n) is 1.94. The first-order valence-electron chi connectivity index (χ1n) is 7.08. The monoisotopic (exact) mass is 332 g/mol. The van der Waals surface area contributed by atoms with Crippen LogP contribution in [0, 0.1) is 6.57 Å². The number of hydrogen-bond donors (Lipinski definition) is 1. The molecular formula is C17H20N2OS2. The summed E-state index contributed by atoms with van der Waals surface area (Å²) in [4.78, 5) is 4.51. The van der Waals surface area contributed by atoms with Crippen molar-refractivity contribution >= 4 is 28.0 Å². The normalized spacial score (nSPS) is 14.3. The lowest BCUT2D eigenvalue weighted by atomic mass is 10.1. The molecule has 0 aliphatic rings. The third-order valence-electron chi connectivity index (χ3n) is 3.17. The van der Waals surface area contributed by atoms with Crippen LogP contribution in [0.25, 0.3) is 4.85 Å². The van der Waals surface area contributed by atoms with Crippen LogP contribution in [0.2, 0.25) is 0 Å². The third kappa shape index (κ3) is 4.51. The second kappa shape index (κ2) is 7.19. The van der Waals surface area contributed by atoms with E-state index in [1.165, 1.54) is 5.56 Å². The Morgan fingerprint density at radius 3 is 2.55 bits per heavy atom. The van der Waals surface area contributed by atoms with E-state index in [0.29, 0.717) is 5.69 Å². The van der Waals surface area contributed by atoms with E-state index in [1.54, 1.807) is 11.3 Å². The molecule has 0 spiro atoms. The van der Waals surface area contributed by atoms with Gasteiger partial charge >= 0.3 is 0 Å². The molecule has 0 aliphatic carbocycles. The van der Waals surface area contributed by atoms with Gasteiger partial charge in [-0.2, -0.15) is 11.3 Å². The van der Waals surface area contributed by atoms with Crippen LogP contribution in [0.15, 0.2) is 41.8 Å². The molecule has 3 nitrogen and oxygen atoms in total. The maximum atomic E-state index is 12.5. The summed E-state index contributed by atoms with van der Waals surface area (Å²) < 4.78 is 15.4. The zero-order chi connectivity index (χ0) is 16.2. The number of benzene rings is 1. The Kier molecular flexibility index (Phi) is 5.52. The molecule has 0 saturated carbocycles. The van der Waals surface area contributed by atoms with Gasteiger partial charge < -0.3 is 0 Å². The first kappa shape index (κ1) is 16.9. The van der Waals surface area contributed by atoms with E-state index in [1.807, 2.05) is 50.4 Å². The molecule has 1 aromatic heterocycles. The lowest BCUT2D eigenvalue weighted by Gasteiger charge is -2.24. The SMILES string of the molecule is [C-]#[N+]c1csc([C@@H](Cc2ccccc2)N[S@@](=O)C(C)(C)C)c1. The van der Waals surface area contributed by atoms with Crippen molar-refractivity contribution in [1.29, 1.82) is 0 Å². The Morgan fingerprint density at radius 1 is 1.32 bits per heavy atom. The quantitative estimate of drug-likeness (QED) is 0.795. The summed E-state index contributed by atoms with van der Waals surface area (Å²) >= 11 is 1.54. The van der Waals surface area contributed by atoms with Gasteiger partial charge in [0.05, 0.1) is 28.3 Å². The van der Waals surface area contributed by atoms with Gasteiger partial charge in [-0.05, 0) is 44.2 Å². The highest BCUT2D eigenvalue weighted by molar-refractivity contribution is 7.84. The molecular weight excluding hydrogens is 312 g/mol. The number of thiophene rings is 1. The van der Waals surface area contributed by atoms with Crippen molar-refractivity contribution in [2.45, 2.75) is 38.0 Å². The molecule has 2 aromatic rings. The second-order valence-electron chi connectivity index (χ2n) is 6.06. The Balaban J connectivity index is 2.24. The van der Waals surface area contributed by atoms with Crippen molar-refractivity contribution < 1.29 is 4.21 Å². The average molecular weight is 332 g/mol. The summed E-state index contributed by atoms with van der Waals surface area (Å²) in [6.07, 6.45) is 0.751. The van der Waals surface area contributed by atoms with E-state index in [4.69, 9.17) is 6.57 Å². The molecule has 0 bridgehead atoms. The van der Waals surface area contributed by atoms with E-state index in [2.05, 4.69) is 21.7 Å². The molecule has 22 heavy (non-hydrogen) atoms. The summed E-state index contributed by atoms with van der Waals surface area (Å²) in [5, 5.41) is 1.85. The van der Waals surface area contributed by atoms with Crippen molar-refractivity contribution in [2.75, 3.05) is 0 Å². The van der Waals surface area contributed by atoms with Crippen molar-refractivity contribution in [1.82, 2.24) is 4.72 Å². The maximum Gasteiger partial charge on any atom is 0.198 e. The summed E-state index contributed by atoms with van der Waals surface area (Å²) in [6.45, 7) is 13.0. The summed E-state index contributed by atoms with van der Waals surface area (Å²) in [5.74, 6) is 0. The van der Waals surface area contributed by atoms with Crippen molar-refractivity contribution in [3.63, 3.8) is 0 Å². The van der Waals surface area contributed by atoms with E-state index < -0.39 is 11.0 Å². The highest BCUT2D eigenvalue weighted by atomic mass is 32.2. The zero-order valence-electron chi connectivity index (χ0n) is 13.0. The van der Waals surface area contributed by atoms with Crippen LogP contribution in [0.1, 0.15) is 37.3 Å². The topological polar surface area (TPSA) is 33.5 Å². The minimum absolute atomic E-state index is 0.0528. The van der Waals surface area contributed by atoms with E-state index in [0.717, 1.165) is 11.3 Å². The van der Waals surface area contributed by atoms with Crippen LogP contribution < -0.4 is 4.72 Å². The molecule has 0 unspecified atom stereocenters.